The van der Waals surface area contributed by atoms with Crippen LogP contribution in [-0.2, 0) is 6.54 Å². The largest absolute Gasteiger partial charge is 0.508 e. The number of hydrogen-bond acceptors (Lipinski definition) is 3. The van der Waals surface area contributed by atoms with Gasteiger partial charge in [0.25, 0.3) is 0 Å². The molecule has 0 aliphatic heterocycles. The smallest absolute Gasteiger partial charge is 0.115 e. The Bertz CT molecular complexity index is 495. The number of thiophene rings is 1. The second kappa shape index (κ2) is 6.36. The highest BCUT2D eigenvalue weighted by atomic mass is 79.9. The first-order valence-electron chi connectivity index (χ1n) is 5.95. The zero-order valence-electron chi connectivity index (χ0n) is 10.2. The van der Waals surface area contributed by atoms with Gasteiger partial charge >= 0.3 is 0 Å². The van der Waals surface area contributed by atoms with Crippen LogP contribution in [0.15, 0.2) is 40.2 Å². The van der Waals surface area contributed by atoms with Crippen molar-refractivity contribution >= 4 is 27.3 Å². The van der Waals surface area contributed by atoms with Gasteiger partial charge in [-0.2, -0.15) is 0 Å². The first-order chi connectivity index (χ1) is 8.70. The van der Waals surface area contributed by atoms with E-state index in [2.05, 4.69) is 39.6 Å². The minimum atomic E-state index is 0.314. The molecule has 0 amide bonds. The molecule has 0 bridgehead atoms. The summed E-state index contributed by atoms with van der Waals surface area (Å²) < 4.78 is 1.17. The predicted molar refractivity (Wildman–Crippen MR) is 80.0 cm³/mol. The molecule has 18 heavy (non-hydrogen) atoms. The predicted octanol–water partition coefficient (Wildman–Crippen LogP) is 4.46. The van der Waals surface area contributed by atoms with E-state index >= 15 is 0 Å². The summed E-state index contributed by atoms with van der Waals surface area (Å²) in [5, 5.41) is 14.9. The van der Waals surface area contributed by atoms with Crippen molar-refractivity contribution in [2.45, 2.75) is 25.9 Å². The Kier molecular flexibility index (Phi) is 4.80. The molecule has 2 nitrogen and oxygen atoms in total. The lowest BCUT2D eigenvalue weighted by Gasteiger charge is -2.17. The van der Waals surface area contributed by atoms with E-state index in [-0.39, 0.29) is 0 Å². The average molecular weight is 326 g/mol. The third-order valence-electron chi connectivity index (χ3n) is 2.90. The maximum absolute atomic E-state index is 9.30. The Morgan fingerprint density at radius 1 is 1.28 bits per heavy atom. The van der Waals surface area contributed by atoms with Crippen molar-refractivity contribution in [3.8, 4) is 5.75 Å². The second-order valence-corrected chi connectivity index (χ2v) is 5.98. The van der Waals surface area contributed by atoms with Crippen molar-refractivity contribution < 1.29 is 5.11 Å². The number of benzene rings is 1. The van der Waals surface area contributed by atoms with Crippen LogP contribution >= 0.6 is 27.3 Å². The van der Waals surface area contributed by atoms with Crippen LogP contribution in [0.1, 0.15) is 29.8 Å². The topological polar surface area (TPSA) is 32.3 Å². The van der Waals surface area contributed by atoms with Gasteiger partial charge in [0.1, 0.15) is 5.75 Å². The maximum atomic E-state index is 9.30. The van der Waals surface area contributed by atoms with E-state index in [4.69, 9.17) is 0 Å². The number of hydrogen-bond donors (Lipinski definition) is 2. The SMILES string of the molecule is CCC(NCc1sccc1Br)c1ccc(O)cc1. The van der Waals surface area contributed by atoms with Gasteiger partial charge in [0.2, 0.25) is 0 Å². The van der Waals surface area contributed by atoms with Crippen LogP contribution in [0.2, 0.25) is 0 Å². The molecule has 0 radical (unpaired) electrons. The molecule has 1 aromatic carbocycles. The fourth-order valence-electron chi connectivity index (χ4n) is 1.87. The van der Waals surface area contributed by atoms with Crippen LogP contribution < -0.4 is 5.32 Å². The van der Waals surface area contributed by atoms with E-state index in [1.165, 1.54) is 14.9 Å². The molecule has 0 aliphatic carbocycles. The van der Waals surface area contributed by atoms with E-state index in [1.807, 2.05) is 12.1 Å². The zero-order chi connectivity index (χ0) is 13.0. The summed E-state index contributed by atoms with van der Waals surface area (Å²) in [6.07, 6.45) is 1.02. The van der Waals surface area contributed by atoms with Gasteiger partial charge in [-0.3, -0.25) is 0 Å². The Labute approximate surface area is 120 Å². The maximum Gasteiger partial charge on any atom is 0.115 e. The lowest BCUT2D eigenvalue weighted by molar-refractivity contribution is 0.473. The van der Waals surface area contributed by atoms with Crippen molar-refractivity contribution in [3.05, 3.63) is 50.6 Å². The molecule has 1 aromatic heterocycles. The third-order valence-corrected chi connectivity index (χ3v) is 4.83. The summed E-state index contributed by atoms with van der Waals surface area (Å²) in [5.41, 5.74) is 1.21. The number of rotatable bonds is 5. The van der Waals surface area contributed by atoms with Crippen LogP contribution in [0.3, 0.4) is 0 Å². The molecule has 1 atom stereocenters. The minimum absolute atomic E-state index is 0.314. The molecule has 1 unspecified atom stereocenters. The van der Waals surface area contributed by atoms with Gasteiger partial charge in [-0.1, -0.05) is 19.1 Å². The highest BCUT2D eigenvalue weighted by Crippen LogP contribution is 2.25. The minimum Gasteiger partial charge on any atom is -0.508 e. The number of phenolic OH excluding ortho intramolecular Hbond substituents is 1. The van der Waals surface area contributed by atoms with Gasteiger partial charge in [-0.25, -0.2) is 0 Å². The summed E-state index contributed by atoms with van der Waals surface area (Å²) in [6.45, 7) is 3.02. The van der Waals surface area contributed by atoms with Gasteiger partial charge in [-0.05, 0) is 51.5 Å². The molecule has 1 heterocycles. The normalized spacial score (nSPS) is 12.6. The summed E-state index contributed by atoms with van der Waals surface area (Å²) in [7, 11) is 0. The van der Waals surface area contributed by atoms with E-state index in [9.17, 15) is 5.11 Å². The zero-order valence-corrected chi connectivity index (χ0v) is 12.6. The fraction of sp³-hybridized carbons (Fsp3) is 0.286. The number of aromatic hydroxyl groups is 1. The molecule has 0 spiro atoms. The molecule has 2 rings (SSSR count). The van der Waals surface area contributed by atoms with E-state index < -0.39 is 0 Å². The quantitative estimate of drug-likeness (QED) is 0.850. The highest BCUT2D eigenvalue weighted by molar-refractivity contribution is 9.10. The van der Waals surface area contributed by atoms with Crippen LogP contribution in [0.4, 0.5) is 0 Å². The molecule has 4 heteroatoms. The third kappa shape index (κ3) is 3.34. The molecule has 0 saturated heterocycles. The number of halogens is 1. The molecular formula is C14H16BrNOS. The van der Waals surface area contributed by atoms with Crippen molar-refractivity contribution in [1.29, 1.82) is 0 Å². The van der Waals surface area contributed by atoms with Gasteiger partial charge in [-0.15, -0.1) is 11.3 Å². The summed E-state index contributed by atoms with van der Waals surface area (Å²) in [6, 6.07) is 9.81. The Hall–Kier alpha value is -0.840. The van der Waals surface area contributed by atoms with Crippen molar-refractivity contribution in [2.75, 3.05) is 0 Å². The monoisotopic (exact) mass is 325 g/mol. The van der Waals surface area contributed by atoms with Crippen molar-refractivity contribution in [3.63, 3.8) is 0 Å². The molecule has 0 fully saturated rings. The molecule has 2 aromatic rings. The van der Waals surface area contributed by atoms with E-state index in [1.54, 1.807) is 23.5 Å². The Balaban J connectivity index is 2.01. The van der Waals surface area contributed by atoms with E-state index in [0.717, 1.165) is 13.0 Å². The first-order valence-corrected chi connectivity index (χ1v) is 7.62. The Morgan fingerprint density at radius 2 is 2.00 bits per heavy atom. The lowest BCUT2D eigenvalue weighted by atomic mass is 10.0. The summed E-state index contributed by atoms with van der Waals surface area (Å²) in [4.78, 5) is 1.31. The lowest BCUT2D eigenvalue weighted by Crippen LogP contribution is -2.19. The fourth-order valence-corrected chi connectivity index (χ4v) is 3.32. The van der Waals surface area contributed by atoms with Crippen molar-refractivity contribution in [2.24, 2.45) is 0 Å². The standard InChI is InChI=1S/C14H16BrNOS/c1-2-13(10-3-5-11(17)6-4-10)16-9-14-12(15)7-8-18-14/h3-8,13,16-17H,2,9H2,1H3. The molecule has 96 valence electrons. The number of phenols is 1. The molecular weight excluding hydrogens is 310 g/mol. The van der Waals surface area contributed by atoms with Crippen LogP contribution in [0.25, 0.3) is 0 Å². The second-order valence-electron chi connectivity index (χ2n) is 4.12. The van der Waals surface area contributed by atoms with E-state index in [0.29, 0.717) is 11.8 Å². The van der Waals surface area contributed by atoms with Gasteiger partial charge in [0.15, 0.2) is 0 Å². The summed E-state index contributed by atoms with van der Waals surface area (Å²) in [5.74, 6) is 0.314. The molecule has 2 N–H and O–H groups in total. The van der Waals surface area contributed by atoms with Gasteiger partial charge < -0.3 is 10.4 Å². The molecule has 0 saturated carbocycles. The van der Waals surface area contributed by atoms with Gasteiger partial charge in [0.05, 0.1) is 0 Å². The van der Waals surface area contributed by atoms with Crippen LogP contribution in [0.5, 0.6) is 5.75 Å². The first kappa shape index (κ1) is 13.6. The van der Waals surface area contributed by atoms with Crippen LogP contribution in [0, 0.1) is 0 Å². The Morgan fingerprint density at radius 3 is 2.56 bits per heavy atom. The molecule has 0 aliphatic rings. The highest BCUT2D eigenvalue weighted by Gasteiger charge is 2.10. The average Bonchev–Trinajstić information content (AvgIpc) is 2.78. The van der Waals surface area contributed by atoms with Crippen molar-refractivity contribution in [1.82, 2.24) is 5.32 Å². The summed E-state index contributed by atoms with van der Waals surface area (Å²) >= 11 is 5.29. The number of nitrogens with one attached hydrogen (secondary N) is 1. The van der Waals surface area contributed by atoms with Crippen LogP contribution in [-0.4, -0.2) is 5.11 Å². The van der Waals surface area contributed by atoms with Gasteiger partial charge in [0, 0.05) is 21.9 Å².